The molecule has 6 nitrogen and oxygen atoms in total. The number of carbonyl (C=O) groups is 1. The largest absolute Gasteiger partial charge is 0.330 e. The van der Waals surface area contributed by atoms with E-state index in [9.17, 15) is 14.9 Å². The SMILES string of the molecule is O=C(/C=C/c1ccc([N+](=O)[O-])cc1)NC(=S)Nc1c(Cl)cccc1Cl. The van der Waals surface area contributed by atoms with Crippen LogP contribution in [0.3, 0.4) is 0 Å². The van der Waals surface area contributed by atoms with Crippen LogP contribution in [-0.2, 0) is 4.79 Å². The number of nitro benzene ring substituents is 1. The highest BCUT2D eigenvalue weighted by Gasteiger charge is 2.08. The zero-order chi connectivity index (χ0) is 18.4. The number of halogens is 2. The van der Waals surface area contributed by atoms with Gasteiger partial charge in [0.15, 0.2) is 5.11 Å². The van der Waals surface area contributed by atoms with Crippen molar-refractivity contribution < 1.29 is 9.72 Å². The van der Waals surface area contributed by atoms with E-state index in [1.165, 1.54) is 36.4 Å². The molecule has 0 atom stereocenters. The van der Waals surface area contributed by atoms with Crippen molar-refractivity contribution in [3.63, 3.8) is 0 Å². The molecule has 0 fully saturated rings. The molecule has 0 aliphatic rings. The summed E-state index contributed by atoms with van der Waals surface area (Å²) in [7, 11) is 0. The van der Waals surface area contributed by atoms with Gasteiger partial charge in [-0.1, -0.05) is 29.3 Å². The van der Waals surface area contributed by atoms with Crippen LogP contribution in [0.5, 0.6) is 0 Å². The third-order valence-corrected chi connectivity index (χ3v) is 3.80. The number of nitrogens with one attached hydrogen (secondary N) is 2. The lowest BCUT2D eigenvalue weighted by molar-refractivity contribution is -0.384. The Morgan fingerprint density at radius 1 is 1.12 bits per heavy atom. The van der Waals surface area contributed by atoms with Gasteiger partial charge in [0.1, 0.15) is 0 Å². The van der Waals surface area contributed by atoms with Crippen LogP contribution in [0, 0.1) is 10.1 Å². The summed E-state index contributed by atoms with van der Waals surface area (Å²) >= 11 is 17.0. The van der Waals surface area contributed by atoms with E-state index in [4.69, 9.17) is 35.4 Å². The highest BCUT2D eigenvalue weighted by molar-refractivity contribution is 7.80. The number of amides is 1. The third kappa shape index (κ3) is 5.53. The predicted octanol–water partition coefficient (Wildman–Crippen LogP) is 4.43. The molecule has 2 N–H and O–H groups in total. The Morgan fingerprint density at radius 2 is 1.72 bits per heavy atom. The minimum Gasteiger partial charge on any atom is -0.330 e. The molecule has 2 aromatic carbocycles. The first kappa shape index (κ1) is 18.9. The molecule has 0 saturated carbocycles. The van der Waals surface area contributed by atoms with Crippen molar-refractivity contribution in [2.45, 2.75) is 0 Å². The van der Waals surface area contributed by atoms with E-state index < -0.39 is 10.8 Å². The molecule has 9 heteroatoms. The number of thiocarbonyl (C=S) groups is 1. The van der Waals surface area contributed by atoms with Crippen LogP contribution in [0.15, 0.2) is 48.5 Å². The van der Waals surface area contributed by atoms with Gasteiger partial charge in [-0.3, -0.25) is 20.2 Å². The number of nitro groups is 1. The van der Waals surface area contributed by atoms with E-state index in [1.807, 2.05) is 0 Å². The second-order valence-electron chi connectivity index (χ2n) is 4.72. The van der Waals surface area contributed by atoms with Gasteiger partial charge in [0.2, 0.25) is 5.91 Å². The minimum atomic E-state index is -0.496. The summed E-state index contributed by atoms with van der Waals surface area (Å²) in [5.41, 5.74) is 1.01. The number of anilines is 1. The molecular formula is C16H11Cl2N3O3S. The molecule has 0 heterocycles. The van der Waals surface area contributed by atoms with Crippen molar-refractivity contribution in [3.8, 4) is 0 Å². The molecule has 2 rings (SSSR count). The van der Waals surface area contributed by atoms with Gasteiger partial charge in [0, 0.05) is 18.2 Å². The second-order valence-corrected chi connectivity index (χ2v) is 5.94. The zero-order valence-corrected chi connectivity index (χ0v) is 14.9. The van der Waals surface area contributed by atoms with E-state index in [1.54, 1.807) is 18.2 Å². The second kappa shape index (κ2) is 8.57. The Labute approximate surface area is 158 Å². The maximum Gasteiger partial charge on any atom is 0.269 e. The summed E-state index contributed by atoms with van der Waals surface area (Å²) in [5, 5.41) is 16.6. The average molecular weight is 396 g/mol. The molecule has 0 aliphatic heterocycles. The fraction of sp³-hybridized carbons (Fsp3) is 0. The highest BCUT2D eigenvalue weighted by atomic mass is 35.5. The lowest BCUT2D eigenvalue weighted by atomic mass is 10.2. The first-order valence-corrected chi connectivity index (χ1v) is 8.02. The van der Waals surface area contributed by atoms with Crippen molar-refractivity contribution >= 4 is 63.9 Å². The molecule has 0 saturated heterocycles. The van der Waals surface area contributed by atoms with Crippen LogP contribution in [0.2, 0.25) is 10.0 Å². The van der Waals surface area contributed by atoms with Crippen LogP contribution in [0.4, 0.5) is 11.4 Å². The Balaban J connectivity index is 1.95. The number of rotatable bonds is 4. The molecule has 0 unspecified atom stereocenters. The topological polar surface area (TPSA) is 84.3 Å². The normalized spacial score (nSPS) is 10.5. The van der Waals surface area contributed by atoms with Gasteiger partial charge in [-0.25, -0.2) is 0 Å². The first-order valence-electron chi connectivity index (χ1n) is 6.85. The minimum absolute atomic E-state index is 0.0244. The van der Waals surface area contributed by atoms with E-state index in [0.29, 0.717) is 21.3 Å². The van der Waals surface area contributed by atoms with Crippen LogP contribution < -0.4 is 10.6 Å². The van der Waals surface area contributed by atoms with Crippen LogP contribution in [0.1, 0.15) is 5.56 Å². The van der Waals surface area contributed by atoms with Gasteiger partial charge < -0.3 is 5.32 Å². The molecule has 0 bridgehead atoms. The standard InChI is InChI=1S/C16H11Cl2N3O3S/c17-12-2-1-3-13(18)15(12)20-16(25)19-14(22)9-6-10-4-7-11(8-5-10)21(23)24/h1-9H,(H2,19,20,22,25)/b9-6+. The van der Waals surface area contributed by atoms with Gasteiger partial charge in [-0.05, 0) is 48.1 Å². The number of carbonyl (C=O) groups excluding carboxylic acids is 1. The molecule has 2 aromatic rings. The van der Waals surface area contributed by atoms with Gasteiger partial charge in [-0.2, -0.15) is 0 Å². The lowest BCUT2D eigenvalue weighted by Crippen LogP contribution is -2.33. The van der Waals surface area contributed by atoms with Gasteiger partial charge in [-0.15, -0.1) is 0 Å². The number of nitrogens with zero attached hydrogens (tertiary/aromatic N) is 1. The summed E-state index contributed by atoms with van der Waals surface area (Å²) in [4.78, 5) is 21.9. The van der Waals surface area contributed by atoms with Crippen molar-refractivity contribution in [3.05, 3.63) is 74.3 Å². The number of benzene rings is 2. The molecule has 1 amide bonds. The molecule has 0 aromatic heterocycles. The number of para-hydroxylation sites is 1. The van der Waals surface area contributed by atoms with E-state index in [0.717, 1.165) is 0 Å². The summed E-state index contributed by atoms with van der Waals surface area (Å²) in [5.74, 6) is -0.473. The lowest BCUT2D eigenvalue weighted by Gasteiger charge is -2.11. The van der Waals surface area contributed by atoms with Crippen molar-refractivity contribution in [1.29, 1.82) is 0 Å². The number of hydrogen-bond acceptors (Lipinski definition) is 4. The first-order chi connectivity index (χ1) is 11.9. The van der Waals surface area contributed by atoms with Gasteiger partial charge in [0.25, 0.3) is 5.69 Å². The van der Waals surface area contributed by atoms with E-state index in [2.05, 4.69) is 10.6 Å². The van der Waals surface area contributed by atoms with Crippen molar-refractivity contribution in [1.82, 2.24) is 5.32 Å². The van der Waals surface area contributed by atoms with Crippen LogP contribution in [0.25, 0.3) is 6.08 Å². The molecular weight excluding hydrogens is 385 g/mol. The molecule has 0 aliphatic carbocycles. The Bertz CT molecular complexity index is 834. The van der Waals surface area contributed by atoms with Gasteiger partial charge in [0.05, 0.1) is 20.7 Å². The quantitative estimate of drug-likeness (QED) is 0.346. The summed E-state index contributed by atoms with van der Waals surface area (Å²) < 4.78 is 0. The van der Waals surface area contributed by atoms with E-state index >= 15 is 0 Å². The van der Waals surface area contributed by atoms with Crippen LogP contribution >= 0.6 is 35.4 Å². The maximum atomic E-state index is 11.9. The number of hydrogen-bond donors (Lipinski definition) is 2. The summed E-state index contributed by atoms with van der Waals surface area (Å²) in [6.07, 6.45) is 2.76. The summed E-state index contributed by atoms with van der Waals surface area (Å²) in [6.45, 7) is 0. The van der Waals surface area contributed by atoms with Crippen LogP contribution in [-0.4, -0.2) is 15.9 Å². The predicted molar refractivity (Wildman–Crippen MR) is 103 cm³/mol. The highest BCUT2D eigenvalue weighted by Crippen LogP contribution is 2.29. The monoisotopic (exact) mass is 395 g/mol. The zero-order valence-electron chi connectivity index (χ0n) is 12.5. The van der Waals surface area contributed by atoms with Crippen molar-refractivity contribution in [2.24, 2.45) is 0 Å². The average Bonchev–Trinajstić information content (AvgIpc) is 2.57. The Morgan fingerprint density at radius 3 is 2.28 bits per heavy atom. The Kier molecular flexibility index (Phi) is 6.46. The fourth-order valence-corrected chi connectivity index (χ4v) is 2.49. The maximum absolute atomic E-state index is 11.9. The number of non-ortho nitro benzene ring substituents is 1. The van der Waals surface area contributed by atoms with Gasteiger partial charge >= 0.3 is 0 Å². The summed E-state index contributed by atoms with van der Waals surface area (Å²) in [6, 6.07) is 10.7. The van der Waals surface area contributed by atoms with Crippen molar-refractivity contribution in [2.75, 3.05) is 5.32 Å². The van der Waals surface area contributed by atoms with E-state index in [-0.39, 0.29) is 10.8 Å². The fourth-order valence-electron chi connectivity index (χ4n) is 1.79. The molecule has 0 radical (unpaired) electrons. The smallest absolute Gasteiger partial charge is 0.269 e. The molecule has 25 heavy (non-hydrogen) atoms. The third-order valence-electron chi connectivity index (χ3n) is 2.97. The molecule has 128 valence electrons. The Hall–Kier alpha value is -2.48. The molecule has 0 spiro atoms.